The van der Waals surface area contributed by atoms with Crippen molar-refractivity contribution in [2.45, 2.75) is 26.1 Å². The Labute approximate surface area is 68.5 Å². The van der Waals surface area contributed by atoms with Crippen molar-refractivity contribution in [2.75, 3.05) is 26.2 Å². The molecule has 0 aliphatic carbocycles. The van der Waals surface area contributed by atoms with Gasteiger partial charge >= 0.3 is 0 Å². The molecule has 1 aliphatic rings. The molecular formula is C8H17N2O. The summed E-state index contributed by atoms with van der Waals surface area (Å²) in [4.78, 5) is 2.30. The van der Waals surface area contributed by atoms with Crippen LogP contribution in [-0.4, -0.2) is 43.3 Å². The number of morpholine rings is 1. The minimum absolute atomic E-state index is 0.338. The third-order valence-corrected chi connectivity index (χ3v) is 1.92. The molecule has 0 spiro atoms. The van der Waals surface area contributed by atoms with Crippen LogP contribution in [0.25, 0.3) is 0 Å². The monoisotopic (exact) mass is 157 g/mol. The summed E-state index contributed by atoms with van der Waals surface area (Å²) in [6.07, 6.45) is 0.676. The van der Waals surface area contributed by atoms with Crippen molar-refractivity contribution in [3.63, 3.8) is 0 Å². The zero-order valence-electron chi connectivity index (χ0n) is 7.34. The van der Waals surface area contributed by atoms with Crippen molar-refractivity contribution in [1.82, 2.24) is 10.6 Å². The molecular weight excluding hydrogens is 140 g/mol. The summed E-state index contributed by atoms with van der Waals surface area (Å²) in [6.45, 7) is 7.54. The van der Waals surface area contributed by atoms with E-state index < -0.39 is 0 Å². The van der Waals surface area contributed by atoms with Crippen LogP contribution in [0.2, 0.25) is 0 Å². The standard InChI is InChI=1S/C8H17N2O/c1-7-5-10(4-3-9)6-8(2)11-7/h7-9H,3-6H2,1-2H3. The van der Waals surface area contributed by atoms with Crippen molar-refractivity contribution < 1.29 is 4.74 Å². The van der Waals surface area contributed by atoms with E-state index >= 15 is 0 Å². The average molecular weight is 157 g/mol. The lowest BCUT2D eigenvalue weighted by atomic mass is 10.2. The normalized spacial score (nSPS) is 34.1. The van der Waals surface area contributed by atoms with Crippen LogP contribution in [0.5, 0.6) is 0 Å². The highest BCUT2D eigenvalue weighted by molar-refractivity contribution is 4.72. The molecule has 1 N–H and O–H groups in total. The third kappa shape index (κ3) is 2.77. The predicted molar refractivity (Wildman–Crippen MR) is 44.4 cm³/mol. The van der Waals surface area contributed by atoms with Gasteiger partial charge in [-0.3, -0.25) is 10.6 Å². The Morgan fingerprint density at radius 3 is 2.36 bits per heavy atom. The first-order valence-corrected chi connectivity index (χ1v) is 4.24. The molecule has 2 unspecified atom stereocenters. The first kappa shape index (κ1) is 8.97. The SMILES string of the molecule is CC1CN(CC[NH])CC(C)O1. The van der Waals surface area contributed by atoms with Crippen LogP contribution in [-0.2, 0) is 4.74 Å². The number of rotatable bonds is 2. The summed E-state index contributed by atoms with van der Waals surface area (Å²) in [5.41, 5.74) is 7.09. The van der Waals surface area contributed by atoms with Crippen LogP contribution in [0.1, 0.15) is 13.8 Å². The van der Waals surface area contributed by atoms with Gasteiger partial charge in [0.15, 0.2) is 0 Å². The molecule has 1 heterocycles. The highest BCUT2D eigenvalue weighted by Gasteiger charge is 2.20. The van der Waals surface area contributed by atoms with Gasteiger partial charge in [-0.05, 0) is 13.8 Å². The molecule has 0 aromatic rings. The molecule has 1 aliphatic heterocycles. The molecule has 1 radical (unpaired) electrons. The number of nitrogens with zero attached hydrogens (tertiary/aromatic N) is 1. The van der Waals surface area contributed by atoms with Crippen LogP contribution in [0.15, 0.2) is 0 Å². The van der Waals surface area contributed by atoms with E-state index in [-0.39, 0.29) is 0 Å². The molecule has 11 heavy (non-hydrogen) atoms. The van der Waals surface area contributed by atoms with Gasteiger partial charge < -0.3 is 4.74 Å². The first-order chi connectivity index (χ1) is 5.22. The fourth-order valence-electron chi connectivity index (χ4n) is 1.63. The maximum atomic E-state index is 7.09. The van der Waals surface area contributed by atoms with Gasteiger partial charge in [0.25, 0.3) is 0 Å². The van der Waals surface area contributed by atoms with E-state index in [0.29, 0.717) is 18.8 Å². The van der Waals surface area contributed by atoms with Gasteiger partial charge in [0.2, 0.25) is 0 Å². The molecule has 1 fully saturated rings. The fraction of sp³-hybridized carbons (Fsp3) is 1.00. The second kappa shape index (κ2) is 4.04. The van der Waals surface area contributed by atoms with E-state index in [2.05, 4.69) is 18.7 Å². The summed E-state index contributed by atoms with van der Waals surface area (Å²) in [5.74, 6) is 0. The van der Waals surface area contributed by atoms with Crippen LogP contribution < -0.4 is 5.73 Å². The molecule has 1 rings (SSSR count). The van der Waals surface area contributed by atoms with Crippen LogP contribution >= 0.6 is 0 Å². The average Bonchev–Trinajstić information content (AvgIpc) is 1.85. The predicted octanol–water partition coefficient (Wildman–Crippen LogP) is 0.378. The first-order valence-electron chi connectivity index (χ1n) is 4.24. The maximum absolute atomic E-state index is 7.09. The van der Waals surface area contributed by atoms with Crippen molar-refractivity contribution in [3.05, 3.63) is 0 Å². The van der Waals surface area contributed by atoms with Crippen molar-refractivity contribution in [1.29, 1.82) is 0 Å². The Hall–Kier alpha value is -0.120. The number of hydrogen-bond acceptors (Lipinski definition) is 2. The molecule has 65 valence electrons. The van der Waals surface area contributed by atoms with Gasteiger partial charge in [0, 0.05) is 26.2 Å². The van der Waals surface area contributed by atoms with Crippen LogP contribution in [0, 0.1) is 0 Å². The molecule has 0 bridgehead atoms. The van der Waals surface area contributed by atoms with Crippen molar-refractivity contribution in [3.8, 4) is 0 Å². The Kier molecular flexibility index (Phi) is 3.30. The Bertz CT molecular complexity index is 109. The second-order valence-corrected chi connectivity index (χ2v) is 3.27. The lowest BCUT2D eigenvalue weighted by Gasteiger charge is -2.34. The van der Waals surface area contributed by atoms with Crippen LogP contribution in [0.3, 0.4) is 0 Å². The largest absolute Gasteiger partial charge is 0.373 e. The Morgan fingerprint density at radius 1 is 1.36 bits per heavy atom. The lowest BCUT2D eigenvalue weighted by Crippen LogP contribution is -2.46. The highest BCUT2D eigenvalue weighted by Crippen LogP contribution is 2.09. The van der Waals surface area contributed by atoms with E-state index in [1.165, 1.54) is 0 Å². The molecule has 2 atom stereocenters. The minimum Gasteiger partial charge on any atom is -0.373 e. The minimum atomic E-state index is 0.338. The van der Waals surface area contributed by atoms with Gasteiger partial charge in [-0.1, -0.05) is 0 Å². The third-order valence-electron chi connectivity index (χ3n) is 1.92. The highest BCUT2D eigenvalue weighted by atomic mass is 16.5. The van der Waals surface area contributed by atoms with Crippen LogP contribution in [0.4, 0.5) is 0 Å². The summed E-state index contributed by atoms with van der Waals surface area (Å²) < 4.78 is 5.56. The molecule has 1 saturated heterocycles. The number of nitrogens with one attached hydrogen (secondary N) is 1. The van der Waals surface area contributed by atoms with Gasteiger partial charge in [0.1, 0.15) is 0 Å². The van der Waals surface area contributed by atoms with E-state index in [1.54, 1.807) is 0 Å². The fourth-order valence-corrected chi connectivity index (χ4v) is 1.63. The second-order valence-electron chi connectivity index (χ2n) is 3.27. The van der Waals surface area contributed by atoms with Gasteiger partial charge in [0.05, 0.1) is 12.2 Å². The zero-order chi connectivity index (χ0) is 8.27. The Balaban J connectivity index is 2.30. The molecule has 0 amide bonds. The zero-order valence-corrected chi connectivity index (χ0v) is 7.34. The van der Waals surface area contributed by atoms with E-state index in [9.17, 15) is 0 Å². The van der Waals surface area contributed by atoms with E-state index in [0.717, 1.165) is 19.6 Å². The number of hydrogen-bond donors (Lipinski definition) is 0. The van der Waals surface area contributed by atoms with E-state index in [4.69, 9.17) is 10.5 Å². The molecule has 0 aromatic carbocycles. The van der Waals surface area contributed by atoms with Gasteiger partial charge in [-0.15, -0.1) is 0 Å². The van der Waals surface area contributed by atoms with Gasteiger partial charge in [-0.2, -0.15) is 0 Å². The molecule has 3 nitrogen and oxygen atoms in total. The molecule has 0 aromatic heterocycles. The quantitative estimate of drug-likeness (QED) is 0.581. The maximum Gasteiger partial charge on any atom is 0.0678 e. The Morgan fingerprint density at radius 2 is 1.91 bits per heavy atom. The summed E-state index contributed by atoms with van der Waals surface area (Å²) in [5, 5.41) is 0. The van der Waals surface area contributed by atoms with Crippen molar-refractivity contribution >= 4 is 0 Å². The van der Waals surface area contributed by atoms with Gasteiger partial charge in [-0.25, -0.2) is 0 Å². The summed E-state index contributed by atoms with van der Waals surface area (Å²) in [6, 6.07) is 0. The molecule has 3 heteroatoms. The summed E-state index contributed by atoms with van der Waals surface area (Å²) in [7, 11) is 0. The lowest BCUT2D eigenvalue weighted by molar-refractivity contribution is -0.0670. The topological polar surface area (TPSA) is 36.3 Å². The summed E-state index contributed by atoms with van der Waals surface area (Å²) >= 11 is 0. The van der Waals surface area contributed by atoms with Crippen molar-refractivity contribution in [2.24, 2.45) is 0 Å². The molecule has 0 saturated carbocycles. The smallest absolute Gasteiger partial charge is 0.0678 e. The van der Waals surface area contributed by atoms with E-state index in [1.807, 2.05) is 0 Å². The number of ether oxygens (including phenoxy) is 1.